The maximum atomic E-state index is 12.3. The van der Waals surface area contributed by atoms with Crippen molar-refractivity contribution in [2.45, 2.75) is 26.3 Å². The molecule has 0 aliphatic rings. The fraction of sp³-hybridized carbons (Fsp3) is 0.278. The van der Waals surface area contributed by atoms with Crippen LogP contribution in [0.1, 0.15) is 23.4 Å². The van der Waals surface area contributed by atoms with Gasteiger partial charge in [0.1, 0.15) is 0 Å². The van der Waals surface area contributed by atoms with E-state index in [9.17, 15) is 4.79 Å². The zero-order valence-electron chi connectivity index (χ0n) is 13.7. The zero-order valence-corrected chi connectivity index (χ0v) is 14.5. The first kappa shape index (κ1) is 16.4. The van der Waals surface area contributed by atoms with Crippen LogP contribution in [0.15, 0.2) is 46.3 Å². The molecule has 5 nitrogen and oxygen atoms in total. The SMILES string of the molecule is Cc1ccc(CN(C)C(=O)CCc2nc(-c3cccs3)no2)cc1. The summed E-state index contributed by atoms with van der Waals surface area (Å²) >= 11 is 1.56. The number of hydrogen-bond donors (Lipinski definition) is 0. The van der Waals surface area contributed by atoms with Crippen LogP contribution in [0.3, 0.4) is 0 Å². The van der Waals surface area contributed by atoms with Crippen LogP contribution in [0.25, 0.3) is 10.7 Å². The smallest absolute Gasteiger partial charge is 0.227 e. The van der Waals surface area contributed by atoms with Gasteiger partial charge in [-0.2, -0.15) is 4.98 Å². The molecule has 0 aliphatic heterocycles. The van der Waals surface area contributed by atoms with E-state index in [0.717, 1.165) is 10.4 Å². The number of aryl methyl sites for hydroxylation is 2. The Morgan fingerprint density at radius 1 is 1.25 bits per heavy atom. The van der Waals surface area contributed by atoms with Crippen LogP contribution in [0.2, 0.25) is 0 Å². The van der Waals surface area contributed by atoms with Crippen LogP contribution in [-0.4, -0.2) is 28.0 Å². The van der Waals surface area contributed by atoms with Crippen molar-refractivity contribution in [2.24, 2.45) is 0 Å². The van der Waals surface area contributed by atoms with Crippen LogP contribution < -0.4 is 0 Å². The summed E-state index contributed by atoms with van der Waals surface area (Å²) in [4.78, 5) is 19.3. The molecule has 0 unspecified atom stereocenters. The lowest BCUT2D eigenvalue weighted by Crippen LogP contribution is -2.26. The summed E-state index contributed by atoms with van der Waals surface area (Å²) in [5.74, 6) is 1.14. The van der Waals surface area contributed by atoms with Gasteiger partial charge >= 0.3 is 0 Å². The quantitative estimate of drug-likeness (QED) is 0.686. The van der Waals surface area contributed by atoms with Gasteiger partial charge in [-0.1, -0.05) is 41.1 Å². The molecular weight excluding hydrogens is 322 g/mol. The van der Waals surface area contributed by atoms with Crippen molar-refractivity contribution in [3.05, 3.63) is 58.8 Å². The monoisotopic (exact) mass is 341 g/mol. The van der Waals surface area contributed by atoms with E-state index < -0.39 is 0 Å². The van der Waals surface area contributed by atoms with Gasteiger partial charge in [-0.3, -0.25) is 4.79 Å². The van der Waals surface area contributed by atoms with Crippen LogP contribution in [-0.2, 0) is 17.8 Å². The van der Waals surface area contributed by atoms with Crippen molar-refractivity contribution >= 4 is 17.2 Å². The second-order valence-electron chi connectivity index (χ2n) is 5.72. The van der Waals surface area contributed by atoms with E-state index >= 15 is 0 Å². The van der Waals surface area contributed by atoms with Gasteiger partial charge in [-0.25, -0.2) is 0 Å². The van der Waals surface area contributed by atoms with Gasteiger partial charge in [0.2, 0.25) is 17.6 Å². The molecule has 0 saturated carbocycles. The Balaban J connectivity index is 1.52. The lowest BCUT2D eigenvalue weighted by molar-refractivity contribution is -0.130. The Labute approximate surface area is 144 Å². The van der Waals surface area contributed by atoms with Crippen LogP contribution in [0, 0.1) is 6.92 Å². The first-order chi connectivity index (χ1) is 11.6. The minimum Gasteiger partial charge on any atom is -0.341 e. The fourth-order valence-electron chi connectivity index (χ4n) is 2.32. The van der Waals surface area contributed by atoms with Gasteiger partial charge in [0, 0.05) is 26.4 Å². The molecule has 0 aliphatic carbocycles. The largest absolute Gasteiger partial charge is 0.341 e. The summed E-state index contributed by atoms with van der Waals surface area (Å²) in [7, 11) is 1.81. The molecule has 1 aromatic carbocycles. The summed E-state index contributed by atoms with van der Waals surface area (Å²) in [5, 5.41) is 5.92. The molecule has 3 aromatic rings. The van der Waals surface area contributed by atoms with E-state index in [0.29, 0.717) is 31.1 Å². The van der Waals surface area contributed by atoms with Gasteiger partial charge in [-0.15, -0.1) is 11.3 Å². The molecule has 6 heteroatoms. The maximum Gasteiger partial charge on any atom is 0.227 e. The number of thiophene rings is 1. The number of hydrogen-bond acceptors (Lipinski definition) is 5. The molecular formula is C18H19N3O2S. The molecule has 0 spiro atoms. The van der Waals surface area contributed by atoms with E-state index in [2.05, 4.69) is 22.3 Å². The highest BCUT2D eigenvalue weighted by Gasteiger charge is 2.14. The lowest BCUT2D eigenvalue weighted by Gasteiger charge is -2.17. The Kier molecular flexibility index (Phi) is 5.05. The molecule has 0 fully saturated rings. The lowest BCUT2D eigenvalue weighted by atomic mass is 10.1. The highest BCUT2D eigenvalue weighted by molar-refractivity contribution is 7.13. The van der Waals surface area contributed by atoms with Gasteiger partial charge in [0.25, 0.3) is 0 Å². The number of carbonyl (C=O) groups is 1. The minimum atomic E-state index is 0.0615. The summed E-state index contributed by atoms with van der Waals surface area (Å²) in [5.41, 5.74) is 2.33. The maximum absolute atomic E-state index is 12.3. The van der Waals surface area contributed by atoms with Crippen LogP contribution in [0.4, 0.5) is 0 Å². The topological polar surface area (TPSA) is 59.2 Å². The summed E-state index contributed by atoms with van der Waals surface area (Å²) < 4.78 is 5.22. The molecule has 0 saturated heterocycles. The van der Waals surface area contributed by atoms with Crippen molar-refractivity contribution < 1.29 is 9.32 Å². The van der Waals surface area contributed by atoms with Crippen molar-refractivity contribution in [3.63, 3.8) is 0 Å². The number of rotatable bonds is 6. The Morgan fingerprint density at radius 2 is 2.04 bits per heavy atom. The summed E-state index contributed by atoms with van der Waals surface area (Å²) in [6, 6.07) is 12.1. The second kappa shape index (κ2) is 7.40. The third-order valence-corrected chi connectivity index (χ3v) is 4.59. The van der Waals surface area contributed by atoms with E-state index in [4.69, 9.17) is 4.52 Å². The molecule has 0 bridgehead atoms. The number of benzene rings is 1. The standard InChI is InChI=1S/C18H19N3O2S/c1-13-5-7-14(8-6-13)12-21(2)17(22)10-9-16-19-18(20-23-16)15-4-3-11-24-15/h3-8,11H,9-10,12H2,1-2H3. The van der Waals surface area contributed by atoms with Gasteiger partial charge in [0.05, 0.1) is 4.88 Å². The molecule has 0 radical (unpaired) electrons. The van der Waals surface area contributed by atoms with E-state index in [1.54, 1.807) is 16.2 Å². The molecule has 124 valence electrons. The summed E-state index contributed by atoms with van der Waals surface area (Å²) in [6.45, 7) is 2.65. The van der Waals surface area contributed by atoms with E-state index in [1.165, 1.54) is 5.56 Å². The van der Waals surface area contributed by atoms with Gasteiger partial charge in [-0.05, 0) is 23.9 Å². The normalized spacial score (nSPS) is 10.8. The van der Waals surface area contributed by atoms with E-state index in [-0.39, 0.29) is 5.91 Å². The van der Waals surface area contributed by atoms with Crippen molar-refractivity contribution in [1.82, 2.24) is 15.0 Å². The zero-order chi connectivity index (χ0) is 16.9. The highest BCUT2D eigenvalue weighted by atomic mass is 32.1. The molecule has 3 rings (SSSR count). The van der Waals surface area contributed by atoms with Gasteiger partial charge < -0.3 is 9.42 Å². The van der Waals surface area contributed by atoms with Crippen LogP contribution >= 0.6 is 11.3 Å². The van der Waals surface area contributed by atoms with Crippen molar-refractivity contribution in [1.29, 1.82) is 0 Å². The average Bonchev–Trinajstić information content (AvgIpc) is 3.25. The molecule has 24 heavy (non-hydrogen) atoms. The van der Waals surface area contributed by atoms with Crippen molar-refractivity contribution in [2.75, 3.05) is 7.05 Å². The predicted octanol–water partition coefficient (Wildman–Crippen LogP) is 3.70. The van der Waals surface area contributed by atoms with Gasteiger partial charge in [0.15, 0.2) is 0 Å². The molecule has 2 aromatic heterocycles. The molecule has 2 heterocycles. The Hall–Kier alpha value is -2.47. The predicted molar refractivity (Wildman–Crippen MR) is 93.6 cm³/mol. The number of amides is 1. The fourth-order valence-corrected chi connectivity index (χ4v) is 2.97. The molecule has 0 atom stereocenters. The molecule has 0 N–H and O–H groups in total. The first-order valence-electron chi connectivity index (χ1n) is 7.78. The van der Waals surface area contributed by atoms with E-state index in [1.807, 2.05) is 43.6 Å². The Morgan fingerprint density at radius 3 is 2.75 bits per heavy atom. The number of carbonyl (C=O) groups excluding carboxylic acids is 1. The third kappa shape index (κ3) is 4.08. The highest BCUT2D eigenvalue weighted by Crippen LogP contribution is 2.21. The first-order valence-corrected chi connectivity index (χ1v) is 8.66. The van der Waals surface area contributed by atoms with Crippen molar-refractivity contribution in [3.8, 4) is 10.7 Å². The Bertz CT molecular complexity index is 794. The minimum absolute atomic E-state index is 0.0615. The van der Waals surface area contributed by atoms with Crippen LogP contribution in [0.5, 0.6) is 0 Å². The summed E-state index contributed by atoms with van der Waals surface area (Å²) in [6.07, 6.45) is 0.809. The third-order valence-electron chi connectivity index (χ3n) is 3.73. The second-order valence-corrected chi connectivity index (χ2v) is 6.67. The molecule has 1 amide bonds. The average molecular weight is 341 g/mol. The number of aromatic nitrogens is 2. The number of nitrogens with zero attached hydrogens (tertiary/aromatic N) is 3.